The number of nitrogens with one attached hydrogen (secondary N) is 1. The molecule has 1 unspecified atom stereocenters. The van der Waals surface area contributed by atoms with Crippen LogP contribution < -0.4 is 11.1 Å². The number of hydrogen-bond acceptors (Lipinski definition) is 3. The van der Waals surface area contributed by atoms with Crippen molar-refractivity contribution in [2.75, 3.05) is 11.5 Å². The number of thioether (sulfide) groups is 1. The van der Waals surface area contributed by atoms with Gasteiger partial charge in [0, 0.05) is 28.9 Å². The van der Waals surface area contributed by atoms with Crippen LogP contribution in [0, 0.1) is 0 Å². The molecule has 0 aliphatic carbocycles. The van der Waals surface area contributed by atoms with Crippen molar-refractivity contribution in [1.82, 2.24) is 5.32 Å². The molecule has 0 bridgehead atoms. The van der Waals surface area contributed by atoms with E-state index in [0.29, 0.717) is 16.6 Å². The number of benzene rings is 1. The number of hydrogen-bond donors (Lipinski definition) is 2. The van der Waals surface area contributed by atoms with Crippen LogP contribution in [0.5, 0.6) is 0 Å². The molecule has 17 heavy (non-hydrogen) atoms. The topological polar surface area (TPSA) is 55.1 Å². The van der Waals surface area contributed by atoms with Crippen molar-refractivity contribution in [3.05, 3.63) is 34.3 Å². The average molecular weight is 271 g/mol. The highest BCUT2D eigenvalue weighted by Crippen LogP contribution is 2.20. The van der Waals surface area contributed by atoms with Crippen LogP contribution in [0.4, 0.5) is 0 Å². The van der Waals surface area contributed by atoms with E-state index in [4.69, 9.17) is 17.3 Å². The summed E-state index contributed by atoms with van der Waals surface area (Å²) >= 11 is 8.08. The Balaban J connectivity index is 1.98. The Hall–Kier alpha value is -0.710. The van der Waals surface area contributed by atoms with Crippen molar-refractivity contribution in [3.63, 3.8) is 0 Å². The van der Waals surface area contributed by atoms with Gasteiger partial charge in [-0.3, -0.25) is 4.79 Å². The van der Waals surface area contributed by atoms with E-state index in [2.05, 4.69) is 5.32 Å². The number of amides is 1. The summed E-state index contributed by atoms with van der Waals surface area (Å²) in [5.41, 5.74) is 6.65. The van der Waals surface area contributed by atoms with E-state index >= 15 is 0 Å². The molecule has 1 saturated heterocycles. The molecule has 0 radical (unpaired) electrons. The van der Waals surface area contributed by atoms with E-state index in [1.54, 1.807) is 12.1 Å². The van der Waals surface area contributed by atoms with Crippen molar-refractivity contribution in [2.45, 2.75) is 19.0 Å². The first-order valence-corrected chi connectivity index (χ1v) is 7.09. The molecular formula is C12H15ClN2OS. The van der Waals surface area contributed by atoms with Crippen LogP contribution in [0.2, 0.25) is 5.02 Å². The molecule has 1 atom stereocenters. The standard InChI is InChI=1S/C12H15ClN2OS/c13-11-5-8(12(14)16)1-2-9(11)6-15-10-3-4-17-7-10/h1-2,5,10,15H,3-4,6-7H2,(H2,14,16). The Morgan fingerprint density at radius 3 is 3.00 bits per heavy atom. The van der Waals surface area contributed by atoms with Gasteiger partial charge in [0.1, 0.15) is 0 Å². The molecule has 0 aromatic heterocycles. The van der Waals surface area contributed by atoms with Gasteiger partial charge in [-0.05, 0) is 29.9 Å². The minimum absolute atomic E-state index is 0.446. The molecule has 1 amide bonds. The molecule has 3 nitrogen and oxygen atoms in total. The minimum Gasteiger partial charge on any atom is -0.366 e. The second-order valence-corrected chi connectivity index (χ2v) is 5.67. The van der Waals surface area contributed by atoms with E-state index in [0.717, 1.165) is 17.9 Å². The summed E-state index contributed by atoms with van der Waals surface area (Å²) in [6, 6.07) is 5.78. The van der Waals surface area contributed by atoms with E-state index in [9.17, 15) is 4.79 Å². The largest absolute Gasteiger partial charge is 0.366 e. The SMILES string of the molecule is NC(=O)c1ccc(CNC2CCSC2)c(Cl)c1. The Morgan fingerprint density at radius 1 is 1.59 bits per heavy atom. The Kier molecular flexibility index (Phi) is 4.31. The van der Waals surface area contributed by atoms with E-state index in [-0.39, 0.29) is 0 Å². The monoisotopic (exact) mass is 270 g/mol. The third-order valence-electron chi connectivity index (χ3n) is 2.85. The van der Waals surface area contributed by atoms with Gasteiger partial charge in [0.25, 0.3) is 0 Å². The molecule has 0 saturated carbocycles. The van der Waals surface area contributed by atoms with Gasteiger partial charge in [0.05, 0.1) is 0 Å². The summed E-state index contributed by atoms with van der Waals surface area (Å²) in [5, 5.41) is 4.06. The Morgan fingerprint density at radius 2 is 2.41 bits per heavy atom. The molecule has 3 N–H and O–H groups in total. The zero-order valence-corrected chi connectivity index (χ0v) is 11.0. The highest BCUT2D eigenvalue weighted by atomic mass is 35.5. The number of rotatable bonds is 4. The first-order valence-electron chi connectivity index (χ1n) is 5.56. The smallest absolute Gasteiger partial charge is 0.248 e. The third kappa shape index (κ3) is 3.37. The Labute approximate surface area is 110 Å². The van der Waals surface area contributed by atoms with Crippen molar-refractivity contribution in [2.24, 2.45) is 5.73 Å². The van der Waals surface area contributed by atoms with Crippen LogP contribution in [0.25, 0.3) is 0 Å². The van der Waals surface area contributed by atoms with Crippen LogP contribution in [0.3, 0.4) is 0 Å². The molecule has 1 fully saturated rings. The molecule has 2 rings (SSSR count). The van der Waals surface area contributed by atoms with Crippen molar-refractivity contribution in [3.8, 4) is 0 Å². The zero-order valence-electron chi connectivity index (χ0n) is 9.41. The van der Waals surface area contributed by atoms with Crippen molar-refractivity contribution >= 4 is 29.3 Å². The minimum atomic E-state index is -0.446. The van der Waals surface area contributed by atoms with Gasteiger partial charge in [-0.2, -0.15) is 11.8 Å². The van der Waals surface area contributed by atoms with Crippen LogP contribution >= 0.6 is 23.4 Å². The van der Waals surface area contributed by atoms with Crippen LogP contribution in [-0.2, 0) is 6.54 Å². The molecule has 1 aromatic carbocycles. The normalized spacial score (nSPS) is 19.5. The Bertz CT molecular complexity index is 419. The molecule has 1 aromatic rings. The summed E-state index contributed by atoms with van der Waals surface area (Å²) in [5.74, 6) is 1.95. The zero-order chi connectivity index (χ0) is 12.3. The fraction of sp³-hybridized carbons (Fsp3) is 0.417. The lowest BCUT2D eigenvalue weighted by Crippen LogP contribution is -2.28. The summed E-state index contributed by atoms with van der Waals surface area (Å²) in [4.78, 5) is 11.0. The van der Waals surface area contributed by atoms with Gasteiger partial charge in [-0.15, -0.1) is 0 Å². The molecular weight excluding hydrogens is 256 g/mol. The summed E-state index contributed by atoms with van der Waals surface area (Å²) in [6.45, 7) is 0.739. The molecule has 0 spiro atoms. The van der Waals surface area contributed by atoms with Crippen LogP contribution in [0.15, 0.2) is 18.2 Å². The highest BCUT2D eigenvalue weighted by molar-refractivity contribution is 7.99. The van der Waals surface area contributed by atoms with E-state index < -0.39 is 5.91 Å². The second kappa shape index (κ2) is 5.76. The van der Waals surface area contributed by atoms with Gasteiger partial charge in [0.2, 0.25) is 5.91 Å². The van der Waals surface area contributed by atoms with Crippen molar-refractivity contribution in [1.29, 1.82) is 0 Å². The van der Waals surface area contributed by atoms with Gasteiger partial charge in [0.15, 0.2) is 0 Å². The lowest BCUT2D eigenvalue weighted by Gasteiger charge is -2.12. The molecule has 5 heteroatoms. The van der Waals surface area contributed by atoms with E-state index in [1.165, 1.54) is 12.2 Å². The first kappa shape index (κ1) is 12.7. The highest BCUT2D eigenvalue weighted by Gasteiger charge is 2.15. The first-order chi connectivity index (χ1) is 8.16. The second-order valence-electron chi connectivity index (χ2n) is 4.11. The summed E-state index contributed by atoms with van der Waals surface area (Å²) < 4.78 is 0. The fourth-order valence-electron chi connectivity index (χ4n) is 1.79. The van der Waals surface area contributed by atoms with Gasteiger partial charge in [-0.25, -0.2) is 0 Å². The third-order valence-corrected chi connectivity index (χ3v) is 4.36. The van der Waals surface area contributed by atoms with Crippen molar-refractivity contribution < 1.29 is 4.79 Å². The van der Waals surface area contributed by atoms with Gasteiger partial charge < -0.3 is 11.1 Å². The molecule has 1 aliphatic heterocycles. The van der Waals surface area contributed by atoms with E-state index in [1.807, 2.05) is 17.8 Å². The summed E-state index contributed by atoms with van der Waals surface area (Å²) in [6.07, 6.45) is 1.21. The van der Waals surface area contributed by atoms with Crippen LogP contribution in [0.1, 0.15) is 22.3 Å². The number of carbonyl (C=O) groups excluding carboxylic acids is 1. The van der Waals surface area contributed by atoms with Crippen LogP contribution in [-0.4, -0.2) is 23.5 Å². The summed E-state index contributed by atoms with van der Waals surface area (Å²) in [7, 11) is 0. The average Bonchev–Trinajstić information content (AvgIpc) is 2.80. The molecule has 92 valence electrons. The fourth-order valence-corrected chi connectivity index (χ4v) is 3.23. The lowest BCUT2D eigenvalue weighted by molar-refractivity contribution is 0.100. The number of primary amides is 1. The molecule has 1 heterocycles. The lowest BCUT2D eigenvalue weighted by atomic mass is 10.1. The number of carbonyl (C=O) groups is 1. The predicted octanol–water partition coefficient (Wildman–Crippen LogP) is 2.03. The molecule has 1 aliphatic rings. The van der Waals surface area contributed by atoms with Gasteiger partial charge in [-0.1, -0.05) is 17.7 Å². The maximum absolute atomic E-state index is 11.0. The van der Waals surface area contributed by atoms with Gasteiger partial charge >= 0.3 is 0 Å². The maximum Gasteiger partial charge on any atom is 0.248 e. The number of halogens is 1. The number of nitrogens with two attached hydrogens (primary N) is 1. The predicted molar refractivity (Wildman–Crippen MR) is 72.5 cm³/mol. The quantitative estimate of drug-likeness (QED) is 0.880. The maximum atomic E-state index is 11.0.